The van der Waals surface area contributed by atoms with E-state index in [1.807, 2.05) is 0 Å². The zero-order valence-corrected chi connectivity index (χ0v) is 9.46. The van der Waals surface area contributed by atoms with Crippen LogP contribution < -0.4 is 5.32 Å². The van der Waals surface area contributed by atoms with Crippen molar-refractivity contribution in [3.63, 3.8) is 0 Å². The Morgan fingerprint density at radius 2 is 2.33 bits per heavy atom. The molecule has 1 aromatic carbocycles. The number of hydrogen-bond donors (Lipinski definition) is 2. The van der Waals surface area contributed by atoms with Gasteiger partial charge in [0.15, 0.2) is 0 Å². The summed E-state index contributed by atoms with van der Waals surface area (Å²) >= 11 is 0. The van der Waals surface area contributed by atoms with E-state index in [4.69, 9.17) is 4.74 Å². The number of nitro benzene ring substituents is 1. The van der Waals surface area contributed by atoms with Crippen molar-refractivity contribution < 1.29 is 19.6 Å². The van der Waals surface area contributed by atoms with Crippen LogP contribution in [0, 0.1) is 10.1 Å². The molecule has 7 nitrogen and oxygen atoms in total. The van der Waals surface area contributed by atoms with Crippen LogP contribution in [0.25, 0.3) is 0 Å². The number of aromatic hydroxyl groups is 1. The summed E-state index contributed by atoms with van der Waals surface area (Å²) in [6.45, 7) is 0.527. The first-order valence-corrected chi connectivity index (χ1v) is 5.48. The Balaban J connectivity index is 2.14. The van der Waals surface area contributed by atoms with Crippen LogP contribution in [0.3, 0.4) is 0 Å². The Morgan fingerprint density at radius 3 is 2.94 bits per heavy atom. The van der Waals surface area contributed by atoms with Gasteiger partial charge in [-0.1, -0.05) is 0 Å². The van der Waals surface area contributed by atoms with Gasteiger partial charge in [0.05, 0.1) is 10.6 Å². The van der Waals surface area contributed by atoms with Crippen molar-refractivity contribution in [2.75, 3.05) is 11.9 Å². The van der Waals surface area contributed by atoms with E-state index in [-0.39, 0.29) is 17.1 Å². The number of hydrogen-bond acceptors (Lipinski definition) is 5. The second kappa shape index (κ2) is 5.01. The highest BCUT2D eigenvalue weighted by Crippen LogP contribution is 2.28. The monoisotopic (exact) mass is 252 g/mol. The first kappa shape index (κ1) is 12.3. The maximum Gasteiger partial charge on any atom is 0.271 e. The molecule has 0 spiro atoms. The van der Waals surface area contributed by atoms with E-state index in [0.29, 0.717) is 13.0 Å². The number of phenolic OH excluding ortho intramolecular Hbond substituents is 1. The van der Waals surface area contributed by atoms with E-state index >= 15 is 0 Å². The van der Waals surface area contributed by atoms with Crippen LogP contribution in [0.15, 0.2) is 18.2 Å². The normalized spacial score (nSPS) is 18.6. The molecule has 1 aliphatic heterocycles. The standard InChI is InChI=1S/C11H12N2O5/c14-9-4-3-7(13(16)17)6-8(9)12-11(15)10-2-1-5-18-10/h3-4,6,10,14H,1-2,5H2,(H,12,15)/t10-/m0/s1. The van der Waals surface area contributed by atoms with E-state index in [2.05, 4.69) is 5.32 Å². The number of amides is 1. The molecule has 0 radical (unpaired) electrons. The predicted octanol–water partition coefficient (Wildman–Crippen LogP) is 1.42. The maximum absolute atomic E-state index is 11.7. The number of nitrogens with one attached hydrogen (secondary N) is 1. The summed E-state index contributed by atoms with van der Waals surface area (Å²) in [6.07, 6.45) is 0.865. The molecule has 7 heteroatoms. The summed E-state index contributed by atoms with van der Waals surface area (Å²) in [7, 11) is 0. The molecule has 2 N–H and O–H groups in total. The van der Waals surface area contributed by atoms with Gasteiger partial charge in [-0.05, 0) is 18.9 Å². The molecule has 0 aromatic heterocycles. The minimum absolute atomic E-state index is 0.0182. The highest BCUT2D eigenvalue weighted by atomic mass is 16.6. The minimum atomic E-state index is -0.596. The Kier molecular flexibility index (Phi) is 3.42. The van der Waals surface area contributed by atoms with Crippen molar-refractivity contribution in [3.05, 3.63) is 28.3 Å². The molecule has 1 aromatic rings. The Hall–Kier alpha value is -2.15. The zero-order valence-electron chi connectivity index (χ0n) is 9.46. The molecule has 1 fully saturated rings. The fourth-order valence-electron chi connectivity index (χ4n) is 1.74. The molecular formula is C11H12N2O5. The van der Waals surface area contributed by atoms with Gasteiger partial charge in [0, 0.05) is 18.7 Å². The lowest BCUT2D eigenvalue weighted by Crippen LogP contribution is -2.26. The first-order valence-electron chi connectivity index (χ1n) is 5.48. The fraction of sp³-hybridized carbons (Fsp3) is 0.364. The lowest BCUT2D eigenvalue weighted by Gasteiger charge is -2.11. The van der Waals surface area contributed by atoms with Crippen LogP contribution in [0.5, 0.6) is 5.75 Å². The van der Waals surface area contributed by atoms with Crippen molar-refractivity contribution >= 4 is 17.3 Å². The molecule has 0 saturated carbocycles. The summed E-state index contributed by atoms with van der Waals surface area (Å²) in [6, 6.07) is 3.45. The Labute approximate surface area is 103 Å². The van der Waals surface area contributed by atoms with Crippen LogP contribution in [0.1, 0.15) is 12.8 Å². The van der Waals surface area contributed by atoms with Crippen LogP contribution in [0.4, 0.5) is 11.4 Å². The van der Waals surface area contributed by atoms with Gasteiger partial charge in [-0.15, -0.1) is 0 Å². The van der Waals surface area contributed by atoms with Crippen LogP contribution in [0.2, 0.25) is 0 Å². The molecule has 18 heavy (non-hydrogen) atoms. The third kappa shape index (κ3) is 2.57. The number of carbonyl (C=O) groups excluding carboxylic acids is 1. The number of non-ortho nitro benzene ring substituents is 1. The molecule has 0 unspecified atom stereocenters. The number of carbonyl (C=O) groups is 1. The summed E-state index contributed by atoms with van der Waals surface area (Å²) < 4.78 is 5.18. The van der Waals surface area contributed by atoms with E-state index in [1.165, 1.54) is 6.07 Å². The van der Waals surface area contributed by atoms with Crippen LogP contribution >= 0.6 is 0 Å². The maximum atomic E-state index is 11.7. The van der Waals surface area contributed by atoms with Gasteiger partial charge in [-0.3, -0.25) is 14.9 Å². The number of ether oxygens (including phenoxy) is 1. The van der Waals surface area contributed by atoms with Crippen molar-refractivity contribution in [2.24, 2.45) is 0 Å². The smallest absolute Gasteiger partial charge is 0.271 e. The molecule has 1 heterocycles. The molecule has 1 saturated heterocycles. The second-order valence-electron chi connectivity index (χ2n) is 3.95. The van der Waals surface area contributed by atoms with Crippen LogP contribution in [-0.4, -0.2) is 28.6 Å². The van der Waals surface area contributed by atoms with Crippen molar-refractivity contribution in [1.82, 2.24) is 0 Å². The molecule has 96 valence electrons. The van der Waals surface area contributed by atoms with E-state index in [0.717, 1.165) is 18.6 Å². The predicted molar refractivity (Wildman–Crippen MR) is 62.4 cm³/mol. The van der Waals surface area contributed by atoms with E-state index in [9.17, 15) is 20.0 Å². The molecule has 2 rings (SSSR count). The number of phenols is 1. The molecule has 1 atom stereocenters. The fourth-order valence-corrected chi connectivity index (χ4v) is 1.74. The van der Waals surface area contributed by atoms with Gasteiger partial charge in [-0.25, -0.2) is 0 Å². The van der Waals surface area contributed by atoms with Gasteiger partial charge in [0.2, 0.25) is 0 Å². The topological polar surface area (TPSA) is 102 Å². The third-order valence-electron chi connectivity index (χ3n) is 2.67. The van der Waals surface area contributed by atoms with Crippen molar-refractivity contribution in [1.29, 1.82) is 0 Å². The van der Waals surface area contributed by atoms with Gasteiger partial charge >= 0.3 is 0 Å². The van der Waals surface area contributed by atoms with Crippen LogP contribution in [-0.2, 0) is 9.53 Å². The summed E-state index contributed by atoms with van der Waals surface area (Å²) in [5.41, 5.74) is -0.180. The molecule has 0 bridgehead atoms. The minimum Gasteiger partial charge on any atom is -0.506 e. The summed E-state index contributed by atoms with van der Waals surface area (Å²) in [5, 5.41) is 22.6. The van der Waals surface area contributed by atoms with Gasteiger partial charge in [0.1, 0.15) is 11.9 Å². The second-order valence-corrected chi connectivity index (χ2v) is 3.95. The molecule has 0 aliphatic carbocycles. The first-order chi connectivity index (χ1) is 8.58. The molecule has 1 amide bonds. The van der Waals surface area contributed by atoms with Gasteiger partial charge in [-0.2, -0.15) is 0 Å². The average Bonchev–Trinajstić information content (AvgIpc) is 2.85. The van der Waals surface area contributed by atoms with Crippen molar-refractivity contribution in [2.45, 2.75) is 18.9 Å². The number of nitrogens with zero attached hydrogens (tertiary/aromatic N) is 1. The largest absolute Gasteiger partial charge is 0.506 e. The van der Waals surface area contributed by atoms with Crippen molar-refractivity contribution in [3.8, 4) is 5.75 Å². The highest BCUT2D eigenvalue weighted by molar-refractivity contribution is 5.95. The lowest BCUT2D eigenvalue weighted by molar-refractivity contribution is -0.384. The number of nitro groups is 1. The molecule has 1 aliphatic rings. The molecular weight excluding hydrogens is 240 g/mol. The average molecular weight is 252 g/mol. The summed E-state index contributed by atoms with van der Waals surface area (Å²) in [5.74, 6) is -0.616. The quantitative estimate of drug-likeness (QED) is 0.481. The SMILES string of the molecule is O=C(Nc1cc([N+](=O)[O-])ccc1O)[C@@H]1CCCO1. The lowest BCUT2D eigenvalue weighted by atomic mass is 10.2. The Bertz CT molecular complexity index is 482. The summed E-state index contributed by atoms with van der Waals surface area (Å²) in [4.78, 5) is 21.7. The van der Waals surface area contributed by atoms with E-state index in [1.54, 1.807) is 0 Å². The Morgan fingerprint density at radius 1 is 1.56 bits per heavy atom. The number of benzene rings is 1. The highest BCUT2D eigenvalue weighted by Gasteiger charge is 2.24. The number of anilines is 1. The zero-order chi connectivity index (χ0) is 13.1. The van der Waals surface area contributed by atoms with Gasteiger partial charge < -0.3 is 15.2 Å². The number of rotatable bonds is 3. The van der Waals surface area contributed by atoms with Gasteiger partial charge in [0.25, 0.3) is 11.6 Å². The van der Waals surface area contributed by atoms with E-state index < -0.39 is 16.9 Å². The third-order valence-corrected chi connectivity index (χ3v) is 2.67.